The Balaban J connectivity index is 3.22. The first kappa shape index (κ1) is 15.8. The summed E-state index contributed by atoms with van der Waals surface area (Å²) in [7, 11) is 1.27. The maximum atomic E-state index is 11.6. The van der Waals surface area contributed by atoms with Crippen molar-refractivity contribution >= 4 is 23.1 Å². The van der Waals surface area contributed by atoms with Gasteiger partial charge in [-0.3, -0.25) is 4.79 Å². The normalized spacial score (nSPS) is 12.5. The predicted octanol–water partition coefficient (Wildman–Crippen LogP) is 2.87. The number of aromatic nitrogens is 1. The third-order valence-corrected chi connectivity index (χ3v) is 3.75. The first-order valence-electron chi connectivity index (χ1n) is 6.13. The third kappa shape index (κ3) is 3.61. The molecule has 0 N–H and O–H groups in total. The van der Waals surface area contributed by atoms with Gasteiger partial charge in [-0.1, -0.05) is 13.8 Å². The van der Waals surface area contributed by atoms with Crippen molar-refractivity contribution in [3.05, 3.63) is 15.6 Å². The Morgan fingerprint density at radius 1 is 1.37 bits per heavy atom. The molecular weight excluding hydrogens is 266 g/mol. The van der Waals surface area contributed by atoms with E-state index in [2.05, 4.69) is 9.72 Å². The number of carbonyl (C=O) groups is 2. The molecule has 0 radical (unpaired) electrons. The second-order valence-corrected chi connectivity index (χ2v) is 5.43. The number of carbonyl (C=O) groups excluding carboxylic acids is 2. The highest BCUT2D eigenvalue weighted by Crippen LogP contribution is 2.31. The number of thiazole rings is 1. The highest BCUT2D eigenvalue weighted by molar-refractivity contribution is 7.14. The number of methoxy groups -OCH3 is 1. The molecule has 1 rings (SSSR count). The SMILES string of the molecule is CCOC(c1nc(C(=O)OC)c(C(C)=O)s1)C(C)C. The summed E-state index contributed by atoms with van der Waals surface area (Å²) in [4.78, 5) is 27.8. The van der Waals surface area contributed by atoms with Crippen LogP contribution in [0.15, 0.2) is 0 Å². The van der Waals surface area contributed by atoms with Crippen LogP contribution in [0.2, 0.25) is 0 Å². The van der Waals surface area contributed by atoms with Crippen LogP contribution >= 0.6 is 11.3 Å². The van der Waals surface area contributed by atoms with Crippen LogP contribution < -0.4 is 0 Å². The molecule has 0 spiro atoms. The second kappa shape index (κ2) is 6.77. The molecule has 0 aliphatic rings. The number of hydrogen-bond acceptors (Lipinski definition) is 6. The highest BCUT2D eigenvalue weighted by Gasteiger charge is 2.27. The van der Waals surface area contributed by atoms with Gasteiger partial charge in [0.2, 0.25) is 0 Å². The molecule has 1 atom stereocenters. The first-order valence-corrected chi connectivity index (χ1v) is 6.95. The third-order valence-electron chi connectivity index (χ3n) is 2.54. The van der Waals surface area contributed by atoms with E-state index < -0.39 is 5.97 Å². The Hall–Kier alpha value is -1.27. The fraction of sp³-hybridized carbons (Fsp3) is 0.615. The minimum absolute atomic E-state index is 0.0837. The van der Waals surface area contributed by atoms with Crippen molar-refractivity contribution in [2.45, 2.75) is 33.8 Å². The summed E-state index contributed by atoms with van der Waals surface area (Å²) in [5.74, 6) is -0.578. The van der Waals surface area contributed by atoms with E-state index in [0.29, 0.717) is 16.5 Å². The van der Waals surface area contributed by atoms with Crippen molar-refractivity contribution in [3.63, 3.8) is 0 Å². The van der Waals surface area contributed by atoms with Gasteiger partial charge in [0, 0.05) is 13.5 Å². The molecule has 19 heavy (non-hydrogen) atoms. The average Bonchev–Trinajstić information content (AvgIpc) is 2.79. The zero-order valence-electron chi connectivity index (χ0n) is 11.9. The van der Waals surface area contributed by atoms with Crippen molar-refractivity contribution < 1.29 is 19.1 Å². The van der Waals surface area contributed by atoms with Crippen molar-refractivity contribution in [2.24, 2.45) is 5.92 Å². The van der Waals surface area contributed by atoms with E-state index in [1.54, 1.807) is 0 Å². The lowest BCUT2D eigenvalue weighted by molar-refractivity contribution is 0.0290. The van der Waals surface area contributed by atoms with Crippen LogP contribution in [-0.4, -0.2) is 30.5 Å². The predicted molar refractivity (Wildman–Crippen MR) is 72.7 cm³/mol. The number of hydrogen-bond donors (Lipinski definition) is 0. The Bertz CT molecular complexity index is 467. The van der Waals surface area contributed by atoms with Crippen LogP contribution in [0.1, 0.15) is 59.0 Å². The van der Waals surface area contributed by atoms with Gasteiger partial charge in [0.1, 0.15) is 16.0 Å². The van der Waals surface area contributed by atoms with Crippen molar-refractivity contribution in [1.82, 2.24) is 4.98 Å². The molecule has 1 aromatic rings. The van der Waals surface area contributed by atoms with Crippen molar-refractivity contribution in [1.29, 1.82) is 0 Å². The van der Waals surface area contributed by atoms with Gasteiger partial charge in [0.05, 0.1) is 7.11 Å². The maximum Gasteiger partial charge on any atom is 0.358 e. The molecule has 0 saturated heterocycles. The Kier molecular flexibility index (Phi) is 5.62. The van der Waals surface area contributed by atoms with E-state index in [-0.39, 0.29) is 23.5 Å². The molecule has 0 aliphatic carbocycles. The zero-order chi connectivity index (χ0) is 14.6. The Morgan fingerprint density at radius 3 is 2.42 bits per heavy atom. The minimum atomic E-state index is -0.591. The van der Waals surface area contributed by atoms with E-state index in [1.807, 2.05) is 20.8 Å². The molecule has 1 aromatic heterocycles. The van der Waals surface area contributed by atoms with E-state index in [1.165, 1.54) is 25.4 Å². The fourth-order valence-corrected chi connectivity index (χ4v) is 2.83. The molecular formula is C13H19NO4S. The number of Topliss-reactive ketones (excluding diaryl/α,β-unsaturated/α-hetero) is 1. The van der Waals surface area contributed by atoms with Gasteiger partial charge in [0.15, 0.2) is 11.5 Å². The summed E-state index contributed by atoms with van der Waals surface area (Å²) in [6.45, 7) is 7.87. The largest absolute Gasteiger partial charge is 0.464 e. The summed E-state index contributed by atoms with van der Waals surface area (Å²) >= 11 is 1.20. The molecule has 1 heterocycles. The van der Waals surface area contributed by atoms with Crippen LogP contribution in [0.3, 0.4) is 0 Å². The number of nitrogens with zero attached hydrogens (tertiary/aromatic N) is 1. The lowest BCUT2D eigenvalue weighted by Gasteiger charge is -2.17. The van der Waals surface area contributed by atoms with Gasteiger partial charge >= 0.3 is 5.97 Å². The molecule has 5 nitrogen and oxygen atoms in total. The van der Waals surface area contributed by atoms with E-state index in [0.717, 1.165) is 0 Å². The highest BCUT2D eigenvalue weighted by atomic mass is 32.1. The molecule has 0 aromatic carbocycles. The van der Waals surface area contributed by atoms with E-state index >= 15 is 0 Å². The van der Waals surface area contributed by atoms with Gasteiger partial charge in [-0.25, -0.2) is 9.78 Å². The van der Waals surface area contributed by atoms with E-state index in [9.17, 15) is 9.59 Å². The molecule has 0 fully saturated rings. The summed E-state index contributed by atoms with van der Waals surface area (Å²) in [5, 5.41) is 0.641. The van der Waals surface area contributed by atoms with Gasteiger partial charge in [-0.05, 0) is 12.8 Å². The monoisotopic (exact) mass is 285 g/mol. The second-order valence-electron chi connectivity index (χ2n) is 4.40. The van der Waals surface area contributed by atoms with E-state index in [4.69, 9.17) is 4.74 Å². The average molecular weight is 285 g/mol. The molecule has 0 saturated carbocycles. The number of ether oxygens (including phenoxy) is 2. The summed E-state index contributed by atoms with van der Waals surface area (Å²) in [5.41, 5.74) is 0.0837. The van der Waals surface area contributed by atoms with Gasteiger partial charge in [0.25, 0.3) is 0 Å². The molecule has 6 heteroatoms. The minimum Gasteiger partial charge on any atom is -0.464 e. The quantitative estimate of drug-likeness (QED) is 0.594. The number of rotatable bonds is 6. The van der Waals surface area contributed by atoms with Crippen molar-refractivity contribution in [3.8, 4) is 0 Å². The molecule has 0 amide bonds. The molecule has 0 bridgehead atoms. The first-order chi connectivity index (χ1) is 8.92. The van der Waals surface area contributed by atoms with Crippen LogP contribution in [0.5, 0.6) is 0 Å². The van der Waals surface area contributed by atoms with Crippen LogP contribution in [-0.2, 0) is 9.47 Å². The fourth-order valence-electron chi connectivity index (χ4n) is 1.66. The number of esters is 1. The van der Waals surface area contributed by atoms with Crippen LogP contribution in [0, 0.1) is 5.92 Å². The van der Waals surface area contributed by atoms with Gasteiger partial charge < -0.3 is 9.47 Å². The van der Waals surface area contributed by atoms with Crippen molar-refractivity contribution in [2.75, 3.05) is 13.7 Å². The lowest BCUT2D eigenvalue weighted by Crippen LogP contribution is -2.12. The topological polar surface area (TPSA) is 65.5 Å². The zero-order valence-corrected chi connectivity index (χ0v) is 12.7. The molecule has 106 valence electrons. The van der Waals surface area contributed by atoms with Gasteiger partial charge in [-0.2, -0.15) is 0 Å². The summed E-state index contributed by atoms with van der Waals surface area (Å²) < 4.78 is 10.3. The van der Waals surface area contributed by atoms with Gasteiger partial charge in [-0.15, -0.1) is 11.3 Å². The standard InChI is InChI=1S/C13H19NO4S/c1-6-18-10(7(2)3)12-14-9(13(16)17-5)11(19-12)8(4)15/h7,10H,6H2,1-5H3. The maximum absolute atomic E-state index is 11.6. The molecule has 0 aliphatic heterocycles. The number of ketones is 1. The van der Waals surface area contributed by atoms with Crippen LogP contribution in [0.25, 0.3) is 0 Å². The lowest BCUT2D eigenvalue weighted by atomic mass is 10.1. The Labute approximate surface area is 116 Å². The summed E-state index contributed by atoms with van der Waals surface area (Å²) in [6, 6.07) is 0. The van der Waals surface area contributed by atoms with Crippen LogP contribution in [0.4, 0.5) is 0 Å². The summed E-state index contributed by atoms with van der Waals surface area (Å²) in [6.07, 6.45) is -0.216. The molecule has 1 unspecified atom stereocenters. The Morgan fingerprint density at radius 2 is 2.00 bits per heavy atom. The smallest absolute Gasteiger partial charge is 0.358 e.